The van der Waals surface area contributed by atoms with E-state index in [1.807, 2.05) is 63.2 Å². The molecule has 1 heterocycles. The summed E-state index contributed by atoms with van der Waals surface area (Å²) in [4.78, 5) is 38.3. The van der Waals surface area contributed by atoms with Crippen molar-refractivity contribution in [1.29, 1.82) is 0 Å². The molecule has 0 aromatic heterocycles. The van der Waals surface area contributed by atoms with Crippen LogP contribution in [0.15, 0.2) is 42.5 Å². The molecule has 1 saturated heterocycles. The molecule has 1 aliphatic heterocycles. The van der Waals surface area contributed by atoms with E-state index < -0.39 is 17.8 Å². The Kier molecular flexibility index (Phi) is 5.78. The lowest BCUT2D eigenvalue weighted by Crippen LogP contribution is -2.28. The molecular formula is C22H24N2O4. The third-order valence-electron chi connectivity index (χ3n) is 4.77. The van der Waals surface area contributed by atoms with Crippen LogP contribution in [0.25, 0.3) is 0 Å². The van der Waals surface area contributed by atoms with E-state index in [0.717, 1.165) is 22.4 Å². The van der Waals surface area contributed by atoms with E-state index in [-0.39, 0.29) is 25.5 Å². The van der Waals surface area contributed by atoms with E-state index in [0.29, 0.717) is 5.69 Å². The SMILES string of the molecule is Cc1cccc(N2C[C@@H](C(=O)OCC(=O)Nc3ccc(C)cc3C)CC2=O)c1. The van der Waals surface area contributed by atoms with Gasteiger partial charge in [-0.25, -0.2) is 0 Å². The van der Waals surface area contributed by atoms with Gasteiger partial charge in [-0.2, -0.15) is 0 Å². The van der Waals surface area contributed by atoms with Crippen LogP contribution in [-0.2, 0) is 19.1 Å². The van der Waals surface area contributed by atoms with Gasteiger partial charge in [0.25, 0.3) is 5.91 Å². The van der Waals surface area contributed by atoms with Crippen molar-refractivity contribution in [3.05, 3.63) is 59.2 Å². The van der Waals surface area contributed by atoms with Crippen LogP contribution in [0.1, 0.15) is 23.1 Å². The average molecular weight is 380 g/mol. The summed E-state index contributed by atoms with van der Waals surface area (Å²) < 4.78 is 5.15. The molecule has 1 aliphatic rings. The van der Waals surface area contributed by atoms with Crippen LogP contribution in [0.4, 0.5) is 11.4 Å². The first-order chi connectivity index (χ1) is 13.3. The fraction of sp³-hybridized carbons (Fsp3) is 0.318. The highest BCUT2D eigenvalue weighted by Gasteiger charge is 2.36. The van der Waals surface area contributed by atoms with Crippen molar-refractivity contribution in [1.82, 2.24) is 0 Å². The van der Waals surface area contributed by atoms with Crippen molar-refractivity contribution in [3.63, 3.8) is 0 Å². The second-order valence-electron chi connectivity index (χ2n) is 7.22. The zero-order chi connectivity index (χ0) is 20.3. The fourth-order valence-corrected chi connectivity index (χ4v) is 3.31. The van der Waals surface area contributed by atoms with Gasteiger partial charge in [0, 0.05) is 24.3 Å². The highest BCUT2D eigenvalue weighted by molar-refractivity contribution is 6.00. The lowest BCUT2D eigenvalue weighted by Gasteiger charge is -2.17. The van der Waals surface area contributed by atoms with E-state index in [9.17, 15) is 14.4 Å². The number of hydrogen-bond donors (Lipinski definition) is 1. The molecule has 1 atom stereocenters. The Hall–Kier alpha value is -3.15. The summed E-state index contributed by atoms with van der Waals surface area (Å²) in [5.41, 5.74) is 4.54. The third kappa shape index (κ3) is 4.57. The second-order valence-corrected chi connectivity index (χ2v) is 7.22. The number of hydrogen-bond acceptors (Lipinski definition) is 4. The van der Waals surface area contributed by atoms with Crippen molar-refractivity contribution < 1.29 is 19.1 Å². The number of nitrogens with zero attached hydrogens (tertiary/aromatic N) is 1. The number of aryl methyl sites for hydroxylation is 3. The molecular weight excluding hydrogens is 356 g/mol. The van der Waals surface area contributed by atoms with E-state index in [2.05, 4.69) is 5.32 Å². The average Bonchev–Trinajstić information content (AvgIpc) is 3.04. The summed E-state index contributed by atoms with van der Waals surface area (Å²) >= 11 is 0. The highest BCUT2D eigenvalue weighted by Crippen LogP contribution is 2.26. The van der Waals surface area contributed by atoms with Crippen molar-refractivity contribution >= 4 is 29.2 Å². The molecule has 3 rings (SSSR count). The minimum absolute atomic E-state index is 0.0888. The van der Waals surface area contributed by atoms with Crippen LogP contribution < -0.4 is 10.2 Å². The Balaban J connectivity index is 1.53. The molecule has 0 bridgehead atoms. The predicted octanol–water partition coefficient (Wildman–Crippen LogP) is 3.15. The van der Waals surface area contributed by atoms with Gasteiger partial charge in [-0.05, 0) is 50.1 Å². The Bertz CT molecular complexity index is 923. The summed E-state index contributed by atoms with van der Waals surface area (Å²) in [5.74, 6) is -1.62. The van der Waals surface area contributed by atoms with Crippen LogP contribution in [0, 0.1) is 26.7 Å². The van der Waals surface area contributed by atoms with Crippen LogP contribution in [0.5, 0.6) is 0 Å². The molecule has 0 unspecified atom stereocenters. The number of rotatable bonds is 5. The molecule has 0 saturated carbocycles. The molecule has 0 spiro atoms. The summed E-state index contributed by atoms with van der Waals surface area (Å²) in [6, 6.07) is 13.3. The van der Waals surface area contributed by atoms with Crippen LogP contribution in [0.3, 0.4) is 0 Å². The van der Waals surface area contributed by atoms with E-state index in [1.54, 1.807) is 4.90 Å². The normalized spacial score (nSPS) is 16.2. The first kappa shape index (κ1) is 19.6. The van der Waals surface area contributed by atoms with Gasteiger partial charge in [-0.3, -0.25) is 14.4 Å². The number of benzene rings is 2. The smallest absolute Gasteiger partial charge is 0.311 e. The molecule has 2 aromatic carbocycles. The number of carbonyl (C=O) groups excluding carboxylic acids is 3. The van der Waals surface area contributed by atoms with Crippen LogP contribution in [0.2, 0.25) is 0 Å². The van der Waals surface area contributed by atoms with E-state index in [4.69, 9.17) is 4.74 Å². The maximum Gasteiger partial charge on any atom is 0.311 e. The zero-order valence-corrected chi connectivity index (χ0v) is 16.3. The van der Waals surface area contributed by atoms with Gasteiger partial charge in [-0.15, -0.1) is 0 Å². The van der Waals surface area contributed by atoms with Crippen molar-refractivity contribution in [3.8, 4) is 0 Å². The van der Waals surface area contributed by atoms with Gasteiger partial charge in [-0.1, -0.05) is 29.8 Å². The minimum Gasteiger partial charge on any atom is -0.455 e. The van der Waals surface area contributed by atoms with Gasteiger partial charge in [0.1, 0.15) is 0 Å². The predicted molar refractivity (Wildman–Crippen MR) is 107 cm³/mol. The van der Waals surface area contributed by atoms with Crippen LogP contribution >= 0.6 is 0 Å². The highest BCUT2D eigenvalue weighted by atomic mass is 16.5. The van der Waals surface area contributed by atoms with Gasteiger partial charge >= 0.3 is 5.97 Å². The number of esters is 1. The maximum absolute atomic E-state index is 12.3. The quantitative estimate of drug-likeness (QED) is 0.809. The first-order valence-corrected chi connectivity index (χ1v) is 9.24. The molecule has 2 aromatic rings. The largest absolute Gasteiger partial charge is 0.455 e. The second kappa shape index (κ2) is 8.25. The fourth-order valence-electron chi connectivity index (χ4n) is 3.31. The maximum atomic E-state index is 12.3. The first-order valence-electron chi connectivity index (χ1n) is 9.24. The number of nitrogens with one attached hydrogen (secondary N) is 1. The molecule has 2 amide bonds. The molecule has 1 N–H and O–H groups in total. The summed E-state index contributed by atoms with van der Waals surface area (Å²) in [6.45, 7) is 5.72. The summed E-state index contributed by atoms with van der Waals surface area (Å²) in [7, 11) is 0. The van der Waals surface area contributed by atoms with E-state index >= 15 is 0 Å². The minimum atomic E-state index is -0.568. The zero-order valence-electron chi connectivity index (χ0n) is 16.3. The van der Waals surface area contributed by atoms with E-state index in [1.165, 1.54) is 0 Å². The molecule has 1 fully saturated rings. The Labute approximate surface area is 164 Å². The number of carbonyl (C=O) groups is 3. The molecule has 6 nitrogen and oxygen atoms in total. The topological polar surface area (TPSA) is 75.7 Å². The Morgan fingerprint density at radius 3 is 2.57 bits per heavy atom. The van der Waals surface area contributed by atoms with Gasteiger partial charge in [0.05, 0.1) is 5.92 Å². The lowest BCUT2D eigenvalue weighted by molar-refractivity contribution is -0.151. The molecule has 6 heteroatoms. The lowest BCUT2D eigenvalue weighted by atomic mass is 10.1. The number of anilines is 2. The summed E-state index contributed by atoms with van der Waals surface area (Å²) in [6.07, 6.45) is 0.0888. The Morgan fingerprint density at radius 2 is 1.86 bits per heavy atom. The van der Waals surface area contributed by atoms with Crippen molar-refractivity contribution in [2.75, 3.05) is 23.4 Å². The van der Waals surface area contributed by atoms with Gasteiger partial charge in [0.2, 0.25) is 5.91 Å². The standard InChI is InChI=1S/C22H24N2O4/c1-14-5-4-6-18(10-14)24-12-17(11-21(24)26)22(27)28-13-20(25)23-19-8-7-15(2)9-16(19)3/h4-10,17H,11-13H2,1-3H3,(H,23,25)/t17-/m0/s1. The van der Waals surface area contributed by atoms with Crippen LogP contribution in [-0.4, -0.2) is 30.9 Å². The van der Waals surface area contributed by atoms with Gasteiger partial charge in [0.15, 0.2) is 6.61 Å². The van der Waals surface area contributed by atoms with Crippen molar-refractivity contribution in [2.24, 2.45) is 5.92 Å². The number of amides is 2. The monoisotopic (exact) mass is 380 g/mol. The molecule has 0 radical (unpaired) electrons. The molecule has 0 aliphatic carbocycles. The number of ether oxygens (including phenoxy) is 1. The Morgan fingerprint density at radius 1 is 1.11 bits per heavy atom. The third-order valence-corrected chi connectivity index (χ3v) is 4.77. The van der Waals surface area contributed by atoms with Crippen molar-refractivity contribution in [2.45, 2.75) is 27.2 Å². The molecule has 28 heavy (non-hydrogen) atoms. The summed E-state index contributed by atoms with van der Waals surface area (Å²) in [5, 5.41) is 2.74. The molecule has 146 valence electrons. The van der Waals surface area contributed by atoms with Gasteiger partial charge < -0.3 is 15.0 Å².